The number of hydrogen-bond acceptors (Lipinski definition) is 4. The van der Waals surface area contributed by atoms with Crippen LogP contribution in [0.3, 0.4) is 0 Å². The third kappa shape index (κ3) is 4.62. The molecule has 26 heavy (non-hydrogen) atoms. The summed E-state index contributed by atoms with van der Waals surface area (Å²) in [6, 6.07) is 5.36. The molecule has 1 aliphatic rings. The first-order valence-electron chi connectivity index (χ1n) is 8.24. The van der Waals surface area contributed by atoms with Crippen LogP contribution in [-0.2, 0) is 4.79 Å². The van der Waals surface area contributed by atoms with Gasteiger partial charge in [-0.25, -0.2) is 4.39 Å². The average molecular weight is 382 g/mol. The zero-order valence-corrected chi connectivity index (χ0v) is 15.1. The van der Waals surface area contributed by atoms with E-state index in [-0.39, 0.29) is 30.0 Å². The van der Waals surface area contributed by atoms with E-state index in [1.807, 2.05) is 0 Å². The summed E-state index contributed by atoms with van der Waals surface area (Å²) in [5.41, 5.74) is 0.762. The molecule has 1 aromatic heterocycles. The van der Waals surface area contributed by atoms with Crippen molar-refractivity contribution in [2.24, 2.45) is 0 Å². The highest BCUT2D eigenvalue weighted by Gasteiger charge is 2.21. The molecule has 2 heterocycles. The van der Waals surface area contributed by atoms with Gasteiger partial charge in [0.15, 0.2) is 0 Å². The van der Waals surface area contributed by atoms with Crippen LogP contribution >= 0.6 is 12.4 Å². The molecule has 0 radical (unpaired) electrons. The van der Waals surface area contributed by atoms with Gasteiger partial charge in [0.25, 0.3) is 5.91 Å². The topological polar surface area (TPSA) is 83.4 Å². The van der Waals surface area contributed by atoms with E-state index in [2.05, 4.69) is 16.0 Å². The number of halogens is 2. The van der Waals surface area contributed by atoms with Crippen molar-refractivity contribution in [3.63, 3.8) is 0 Å². The Kier molecular flexibility index (Phi) is 6.76. The molecule has 3 rings (SSSR count). The molecule has 0 saturated carbocycles. The van der Waals surface area contributed by atoms with E-state index < -0.39 is 11.7 Å². The van der Waals surface area contributed by atoms with E-state index >= 15 is 0 Å². The smallest absolute Gasteiger partial charge is 0.259 e. The first-order chi connectivity index (χ1) is 12.0. The number of benzene rings is 1. The lowest BCUT2D eigenvalue weighted by atomic mass is 10.0. The van der Waals surface area contributed by atoms with Crippen LogP contribution in [0.5, 0.6) is 0 Å². The first kappa shape index (κ1) is 19.9. The Morgan fingerprint density at radius 3 is 2.69 bits per heavy atom. The van der Waals surface area contributed by atoms with E-state index in [0.29, 0.717) is 17.0 Å². The molecule has 0 bridgehead atoms. The highest BCUT2D eigenvalue weighted by molar-refractivity contribution is 6.05. The second-order valence-corrected chi connectivity index (χ2v) is 6.03. The monoisotopic (exact) mass is 381 g/mol. The van der Waals surface area contributed by atoms with Gasteiger partial charge in [-0.2, -0.15) is 0 Å². The van der Waals surface area contributed by atoms with Crippen LogP contribution in [-0.4, -0.2) is 24.4 Å². The minimum absolute atomic E-state index is 0. The van der Waals surface area contributed by atoms with Crippen LogP contribution in [0, 0.1) is 12.7 Å². The standard InChI is InChI=1S/C18H20FN3O3.ClH/c1-11-13(7-9-25-11)17(23)22-16-10-12(5-6-14(16)19)21-18(24)15-4-2-3-8-20-15;/h5-7,9-10,15,20H,2-4,8H2,1H3,(H,21,24)(H,22,23);1H. The maximum absolute atomic E-state index is 14.0. The van der Waals surface area contributed by atoms with Crippen molar-refractivity contribution in [1.82, 2.24) is 5.32 Å². The van der Waals surface area contributed by atoms with Gasteiger partial charge in [-0.3, -0.25) is 9.59 Å². The number of carbonyl (C=O) groups excluding carboxylic acids is 2. The number of hydrogen-bond donors (Lipinski definition) is 3. The molecule has 1 unspecified atom stereocenters. The molecule has 1 aromatic carbocycles. The van der Waals surface area contributed by atoms with Crippen molar-refractivity contribution in [2.75, 3.05) is 17.2 Å². The second-order valence-electron chi connectivity index (χ2n) is 6.03. The fourth-order valence-corrected chi connectivity index (χ4v) is 2.81. The maximum atomic E-state index is 14.0. The molecule has 140 valence electrons. The number of rotatable bonds is 4. The Labute approximate surface area is 156 Å². The van der Waals surface area contributed by atoms with Gasteiger partial charge in [0.1, 0.15) is 11.6 Å². The predicted octanol–water partition coefficient (Wildman–Crippen LogP) is 3.48. The molecule has 3 N–H and O–H groups in total. The van der Waals surface area contributed by atoms with E-state index in [9.17, 15) is 14.0 Å². The lowest BCUT2D eigenvalue weighted by Gasteiger charge is -2.22. The largest absolute Gasteiger partial charge is 0.469 e. The van der Waals surface area contributed by atoms with Crippen molar-refractivity contribution >= 4 is 35.6 Å². The number of amides is 2. The normalized spacial score (nSPS) is 16.5. The van der Waals surface area contributed by atoms with Crippen LogP contribution in [0.15, 0.2) is 34.9 Å². The molecule has 1 atom stereocenters. The summed E-state index contributed by atoms with van der Waals surface area (Å²) in [5, 5.41) is 8.42. The third-order valence-corrected chi connectivity index (χ3v) is 4.21. The summed E-state index contributed by atoms with van der Waals surface area (Å²) in [4.78, 5) is 24.4. The zero-order chi connectivity index (χ0) is 17.8. The first-order valence-corrected chi connectivity index (χ1v) is 8.24. The fraction of sp³-hybridized carbons (Fsp3) is 0.333. The van der Waals surface area contributed by atoms with Crippen molar-refractivity contribution in [3.8, 4) is 0 Å². The number of piperidine rings is 1. The predicted molar refractivity (Wildman–Crippen MR) is 99.3 cm³/mol. The fourth-order valence-electron chi connectivity index (χ4n) is 2.81. The zero-order valence-electron chi connectivity index (χ0n) is 14.3. The van der Waals surface area contributed by atoms with Gasteiger partial charge in [-0.1, -0.05) is 6.42 Å². The highest BCUT2D eigenvalue weighted by atomic mass is 35.5. The Balaban J connectivity index is 0.00000243. The van der Waals surface area contributed by atoms with Gasteiger partial charge >= 0.3 is 0 Å². The van der Waals surface area contributed by atoms with Gasteiger partial charge in [0, 0.05) is 5.69 Å². The lowest BCUT2D eigenvalue weighted by Crippen LogP contribution is -2.43. The number of anilines is 2. The Morgan fingerprint density at radius 2 is 2.04 bits per heavy atom. The number of carbonyl (C=O) groups is 2. The van der Waals surface area contributed by atoms with Crippen molar-refractivity contribution in [1.29, 1.82) is 0 Å². The summed E-state index contributed by atoms with van der Waals surface area (Å²) in [6.07, 6.45) is 4.23. The van der Waals surface area contributed by atoms with Gasteiger partial charge in [-0.15, -0.1) is 12.4 Å². The summed E-state index contributed by atoms with van der Waals surface area (Å²) in [6.45, 7) is 2.46. The summed E-state index contributed by atoms with van der Waals surface area (Å²) in [7, 11) is 0. The van der Waals surface area contributed by atoms with E-state index in [1.165, 1.54) is 30.5 Å². The molecule has 8 heteroatoms. The Bertz CT molecular complexity index is 788. The van der Waals surface area contributed by atoms with E-state index in [1.54, 1.807) is 6.92 Å². The van der Waals surface area contributed by atoms with Crippen LogP contribution < -0.4 is 16.0 Å². The Morgan fingerprint density at radius 1 is 1.23 bits per heavy atom. The van der Waals surface area contributed by atoms with Gasteiger partial charge in [0.2, 0.25) is 5.91 Å². The van der Waals surface area contributed by atoms with Crippen LogP contribution in [0.2, 0.25) is 0 Å². The van der Waals surface area contributed by atoms with Crippen molar-refractivity contribution in [3.05, 3.63) is 47.7 Å². The van der Waals surface area contributed by atoms with Crippen molar-refractivity contribution < 1.29 is 18.4 Å². The minimum atomic E-state index is -0.580. The molecule has 1 saturated heterocycles. The molecule has 0 spiro atoms. The van der Waals surface area contributed by atoms with E-state index in [4.69, 9.17) is 4.42 Å². The number of aryl methyl sites for hydroxylation is 1. The molecule has 2 amide bonds. The number of furan rings is 1. The van der Waals surface area contributed by atoms with Crippen LogP contribution in [0.4, 0.5) is 15.8 Å². The van der Waals surface area contributed by atoms with Crippen LogP contribution in [0.25, 0.3) is 0 Å². The lowest BCUT2D eigenvalue weighted by molar-refractivity contribution is -0.118. The summed E-state index contributed by atoms with van der Waals surface area (Å²) < 4.78 is 19.1. The van der Waals surface area contributed by atoms with Gasteiger partial charge in [-0.05, 0) is 50.6 Å². The highest BCUT2D eigenvalue weighted by Crippen LogP contribution is 2.22. The molecule has 0 aliphatic carbocycles. The van der Waals surface area contributed by atoms with Crippen molar-refractivity contribution in [2.45, 2.75) is 32.2 Å². The molecule has 1 aliphatic heterocycles. The van der Waals surface area contributed by atoms with Gasteiger partial charge < -0.3 is 20.4 Å². The molecule has 6 nitrogen and oxygen atoms in total. The summed E-state index contributed by atoms with van der Waals surface area (Å²) >= 11 is 0. The molecular formula is C18H21ClFN3O3. The maximum Gasteiger partial charge on any atom is 0.259 e. The number of nitrogens with one attached hydrogen (secondary N) is 3. The SMILES string of the molecule is Cc1occc1C(=O)Nc1cc(NC(=O)C2CCCCN2)ccc1F.Cl. The second kappa shape index (κ2) is 8.82. The summed E-state index contributed by atoms with van der Waals surface area (Å²) in [5.74, 6) is -0.758. The van der Waals surface area contributed by atoms with Crippen LogP contribution in [0.1, 0.15) is 35.4 Å². The quantitative estimate of drug-likeness (QED) is 0.757. The molecular weight excluding hydrogens is 361 g/mol. The minimum Gasteiger partial charge on any atom is -0.469 e. The third-order valence-electron chi connectivity index (χ3n) is 4.21. The molecule has 1 fully saturated rings. The molecule has 2 aromatic rings. The Hall–Kier alpha value is -2.38. The van der Waals surface area contributed by atoms with E-state index in [0.717, 1.165) is 25.8 Å². The average Bonchev–Trinajstić information content (AvgIpc) is 3.04. The van der Waals surface area contributed by atoms with Gasteiger partial charge in [0.05, 0.1) is 23.6 Å².